The van der Waals surface area contributed by atoms with Crippen LogP contribution in [0.15, 0.2) is 18.2 Å². The number of aryl methyl sites for hydroxylation is 2. The van der Waals surface area contributed by atoms with Gasteiger partial charge in [-0.25, -0.2) is 4.68 Å². The van der Waals surface area contributed by atoms with Crippen molar-refractivity contribution >= 4 is 5.82 Å². The smallest absolute Gasteiger partial charge is 0.253 e. The first-order chi connectivity index (χ1) is 10.6. The highest BCUT2D eigenvalue weighted by Crippen LogP contribution is 2.24. The average Bonchev–Trinajstić information content (AvgIpc) is 2.79. The molecule has 0 bridgehead atoms. The molecule has 0 radical (unpaired) electrons. The minimum Gasteiger partial charge on any atom is -0.471 e. The van der Waals surface area contributed by atoms with Crippen LogP contribution in [0.2, 0.25) is 0 Å². The van der Waals surface area contributed by atoms with Crippen molar-refractivity contribution in [2.45, 2.75) is 27.0 Å². The number of anilines is 1. The minimum atomic E-state index is 0.260. The molecule has 0 aliphatic rings. The number of nitrogen functional groups attached to an aromatic ring is 1. The van der Waals surface area contributed by atoms with E-state index in [1.54, 1.807) is 7.11 Å². The molecule has 2 N–H and O–H groups in total. The van der Waals surface area contributed by atoms with Gasteiger partial charge in [0.15, 0.2) is 5.56 Å². The van der Waals surface area contributed by atoms with Gasteiger partial charge in [0.1, 0.15) is 18.5 Å². The van der Waals surface area contributed by atoms with Crippen LogP contribution in [0.3, 0.4) is 0 Å². The Hall–Kier alpha value is -2.52. The third-order valence-electron chi connectivity index (χ3n) is 3.44. The van der Waals surface area contributed by atoms with Gasteiger partial charge in [-0.1, -0.05) is 23.8 Å². The highest BCUT2D eigenvalue weighted by Gasteiger charge is 2.17. The van der Waals surface area contributed by atoms with Gasteiger partial charge in [-0.15, -0.1) is 5.10 Å². The van der Waals surface area contributed by atoms with Gasteiger partial charge in [-0.2, -0.15) is 5.26 Å². The predicted octanol–water partition coefficient (Wildman–Crippen LogP) is 2.18. The number of rotatable bonds is 6. The summed E-state index contributed by atoms with van der Waals surface area (Å²) in [7, 11) is 1.60. The average molecular weight is 300 g/mol. The van der Waals surface area contributed by atoms with Gasteiger partial charge in [0.05, 0.1) is 13.2 Å². The van der Waals surface area contributed by atoms with Crippen molar-refractivity contribution in [3.8, 4) is 11.9 Å². The Morgan fingerprint density at radius 1 is 1.36 bits per heavy atom. The fourth-order valence-corrected chi connectivity index (χ4v) is 2.16. The van der Waals surface area contributed by atoms with Gasteiger partial charge in [0.2, 0.25) is 0 Å². The van der Waals surface area contributed by atoms with Crippen LogP contribution < -0.4 is 10.5 Å². The van der Waals surface area contributed by atoms with E-state index >= 15 is 0 Å². The summed E-state index contributed by atoms with van der Waals surface area (Å²) < 4.78 is 12.2. The summed E-state index contributed by atoms with van der Waals surface area (Å²) in [6.45, 7) is 5.37. The number of nitrogens with zero attached hydrogens (tertiary/aromatic N) is 3. The SMILES string of the molecule is COCCn1nc(OCc2ccc(C)cc2C)c(C#N)c1N. The number of aromatic nitrogens is 2. The lowest BCUT2D eigenvalue weighted by Gasteiger charge is -2.07. The van der Waals surface area contributed by atoms with Crippen LogP contribution in [-0.4, -0.2) is 23.5 Å². The Morgan fingerprint density at radius 3 is 2.77 bits per heavy atom. The van der Waals surface area contributed by atoms with E-state index in [2.05, 4.69) is 11.2 Å². The Kier molecular flexibility index (Phi) is 5.02. The molecule has 1 heterocycles. The third-order valence-corrected chi connectivity index (χ3v) is 3.44. The number of benzene rings is 1. The van der Waals surface area contributed by atoms with Crippen LogP contribution in [0.25, 0.3) is 0 Å². The summed E-state index contributed by atoms with van der Waals surface area (Å²) in [5.74, 6) is 0.561. The molecule has 0 unspecified atom stereocenters. The lowest BCUT2D eigenvalue weighted by Crippen LogP contribution is -2.09. The number of nitriles is 1. The lowest BCUT2D eigenvalue weighted by atomic mass is 10.1. The molecule has 0 aliphatic carbocycles. The maximum atomic E-state index is 9.23. The number of methoxy groups -OCH3 is 1. The molecule has 6 heteroatoms. The molecule has 0 fully saturated rings. The number of hydrogen-bond donors (Lipinski definition) is 1. The molecular formula is C16H20N4O2. The van der Waals surface area contributed by atoms with Gasteiger partial charge in [-0.05, 0) is 25.0 Å². The zero-order chi connectivity index (χ0) is 16.1. The molecule has 1 aromatic carbocycles. The fourth-order valence-electron chi connectivity index (χ4n) is 2.16. The van der Waals surface area contributed by atoms with E-state index in [1.165, 1.54) is 10.2 Å². The highest BCUT2D eigenvalue weighted by atomic mass is 16.5. The summed E-state index contributed by atoms with van der Waals surface area (Å²) in [6, 6.07) is 8.19. The lowest BCUT2D eigenvalue weighted by molar-refractivity contribution is 0.183. The van der Waals surface area contributed by atoms with Crippen LogP contribution >= 0.6 is 0 Å². The molecule has 0 amide bonds. The van der Waals surface area contributed by atoms with E-state index in [0.29, 0.717) is 25.6 Å². The first-order valence-corrected chi connectivity index (χ1v) is 7.01. The maximum absolute atomic E-state index is 9.23. The van der Waals surface area contributed by atoms with Crippen LogP contribution in [0.4, 0.5) is 5.82 Å². The molecule has 0 spiro atoms. The van der Waals surface area contributed by atoms with Crippen molar-refractivity contribution in [1.82, 2.24) is 9.78 Å². The van der Waals surface area contributed by atoms with Crippen molar-refractivity contribution < 1.29 is 9.47 Å². The van der Waals surface area contributed by atoms with Gasteiger partial charge in [-0.3, -0.25) is 0 Å². The number of ether oxygens (including phenoxy) is 2. The Labute approximate surface area is 130 Å². The minimum absolute atomic E-state index is 0.260. The first-order valence-electron chi connectivity index (χ1n) is 7.01. The van der Waals surface area contributed by atoms with Gasteiger partial charge in [0, 0.05) is 7.11 Å². The maximum Gasteiger partial charge on any atom is 0.253 e. The monoisotopic (exact) mass is 300 g/mol. The standard InChI is InChI=1S/C16H20N4O2/c1-11-4-5-13(12(2)8-11)10-22-16-14(9-17)15(18)20(19-16)6-7-21-3/h4-5,8H,6-7,10,18H2,1-3H3. The first kappa shape index (κ1) is 15.9. The van der Waals surface area contributed by atoms with Crippen molar-refractivity contribution in [3.63, 3.8) is 0 Å². The van der Waals surface area contributed by atoms with Crippen LogP contribution in [-0.2, 0) is 17.9 Å². The summed E-state index contributed by atoms with van der Waals surface area (Å²) >= 11 is 0. The second-order valence-corrected chi connectivity index (χ2v) is 5.11. The summed E-state index contributed by atoms with van der Waals surface area (Å²) in [5, 5.41) is 13.5. The second-order valence-electron chi connectivity index (χ2n) is 5.11. The molecule has 22 heavy (non-hydrogen) atoms. The van der Waals surface area contributed by atoms with Crippen molar-refractivity contribution in [2.24, 2.45) is 0 Å². The summed E-state index contributed by atoms with van der Waals surface area (Å²) in [5.41, 5.74) is 9.58. The largest absolute Gasteiger partial charge is 0.471 e. The summed E-state index contributed by atoms with van der Waals surface area (Å²) in [6.07, 6.45) is 0. The molecule has 2 rings (SSSR count). The summed E-state index contributed by atoms with van der Waals surface area (Å²) in [4.78, 5) is 0. The van der Waals surface area contributed by atoms with Gasteiger partial charge in [0.25, 0.3) is 5.88 Å². The molecule has 0 saturated carbocycles. The van der Waals surface area contributed by atoms with Crippen molar-refractivity contribution in [3.05, 3.63) is 40.5 Å². The number of nitrogens with two attached hydrogens (primary N) is 1. The molecule has 2 aromatic rings. The third kappa shape index (κ3) is 3.38. The van der Waals surface area contributed by atoms with E-state index in [4.69, 9.17) is 15.2 Å². The van der Waals surface area contributed by atoms with E-state index in [0.717, 1.165) is 11.1 Å². The van der Waals surface area contributed by atoms with Crippen LogP contribution in [0.1, 0.15) is 22.3 Å². The Bertz CT molecular complexity index is 701. The Balaban J connectivity index is 2.17. The van der Waals surface area contributed by atoms with E-state index < -0.39 is 0 Å². The second kappa shape index (κ2) is 6.96. The van der Waals surface area contributed by atoms with Gasteiger partial charge >= 0.3 is 0 Å². The van der Waals surface area contributed by atoms with Crippen LogP contribution in [0.5, 0.6) is 5.88 Å². The van der Waals surface area contributed by atoms with Gasteiger partial charge < -0.3 is 15.2 Å². The zero-order valence-electron chi connectivity index (χ0n) is 13.1. The fraction of sp³-hybridized carbons (Fsp3) is 0.375. The molecule has 116 valence electrons. The zero-order valence-corrected chi connectivity index (χ0v) is 13.1. The molecule has 6 nitrogen and oxygen atoms in total. The van der Waals surface area contributed by atoms with Crippen LogP contribution in [0, 0.1) is 25.2 Å². The Morgan fingerprint density at radius 2 is 2.14 bits per heavy atom. The number of hydrogen-bond acceptors (Lipinski definition) is 5. The molecule has 0 atom stereocenters. The molecule has 0 saturated heterocycles. The molecule has 1 aromatic heterocycles. The van der Waals surface area contributed by atoms with E-state index in [-0.39, 0.29) is 11.4 Å². The highest BCUT2D eigenvalue weighted by molar-refractivity contribution is 5.55. The van der Waals surface area contributed by atoms with Crippen molar-refractivity contribution in [2.75, 3.05) is 19.5 Å². The van der Waals surface area contributed by atoms with Crippen molar-refractivity contribution in [1.29, 1.82) is 5.26 Å². The normalized spacial score (nSPS) is 10.5. The topological polar surface area (TPSA) is 86.1 Å². The van der Waals surface area contributed by atoms with E-state index in [9.17, 15) is 5.26 Å². The van der Waals surface area contributed by atoms with E-state index in [1.807, 2.05) is 32.0 Å². The quantitative estimate of drug-likeness (QED) is 0.883. The molecule has 0 aliphatic heterocycles. The predicted molar refractivity (Wildman–Crippen MR) is 83.5 cm³/mol. The molecular weight excluding hydrogens is 280 g/mol.